The van der Waals surface area contributed by atoms with Crippen LogP contribution in [0.25, 0.3) is 11.4 Å². The zero-order chi connectivity index (χ0) is 17.9. The van der Waals surface area contributed by atoms with Crippen molar-refractivity contribution in [3.63, 3.8) is 0 Å². The summed E-state index contributed by atoms with van der Waals surface area (Å²) in [6.07, 6.45) is 0. The van der Waals surface area contributed by atoms with Crippen LogP contribution in [0, 0.1) is 6.92 Å². The summed E-state index contributed by atoms with van der Waals surface area (Å²) in [6, 6.07) is 14.8. The SMILES string of the molecule is Cc1cccc(-c2noc(CNS(=O)(=O)Cc3ccc(Br)cc3)n2)c1. The molecular formula is C17H16BrN3O3S. The van der Waals surface area contributed by atoms with Crippen LogP contribution in [0.15, 0.2) is 57.5 Å². The van der Waals surface area contributed by atoms with Gasteiger partial charge in [-0.2, -0.15) is 4.98 Å². The number of halogens is 1. The molecule has 0 aliphatic heterocycles. The van der Waals surface area contributed by atoms with Crippen molar-refractivity contribution in [2.24, 2.45) is 0 Å². The summed E-state index contributed by atoms with van der Waals surface area (Å²) in [5.74, 6) is 0.542. The highest BCUT2D eigenvalue weighted by molar-refractivity contribution is 9.10. The molecule has 0 aliphatic carbocycles. The quantitative estimate of drug-likeness (QED) is 0.658. The monoisotopic (exact) mass is 421 g/mol. The van der Waals surface area contributed by atoms with Crippen molar-refractivity contribution in [2.45, 2.75) is 19.2 Å². The molecule has 25 heavy (non-hydrogen) atoms. The van der Waals surface area contributed by atoms with Crippen molar-refractivity contribution < 1.29 is 12.9 Å². The molecule has 130 valence electrons. The average molecular weight is 422 g/mol. The lowest BCUT2D eigenvalue weighted by Gasteiger charge is -2.04. The smallest absolute Gasteiger partial charge is 0.242 e. The van der Waals surface area contributed by atoms with Gasteiger partial charge in [0.15, 0.2) is 0 Å². The van der Waals surface area contributed by atoms with Gasteiger partial charge in [-0.3, -0.25) is 0 Å². The molecule has 6 nitrogen and oxygen atoms in total. The van der Waals surface area contributed by atoms with Gasteiger partial charge in [0.25, 0.3) is 0 Å². The lowest BCUT2D eigenvalue weighted by atomic mass is 10.1. The molecule has 0 atom stereocenters. The van der Waals surface area contributed by atoms with E-state index in [1.807, 2.05) is 31.2 Å². The minimum Gasteiger partial charge on any atom is -0.338 e. The zero-order valence-corrected chi connectivity index (χ0v) is 15.8. The Bertz CT molecular complexity index is 969. The minimum atomic E-state index is -3.50. The molecule has 0 saturated heterocycles. The Morgan fingerprint density at radius 1 is 1.16 bits per heavy atom. The van der Waals surface area contributed by atoms with Gasteiger partial charge in [0.1, 0.15) is 0 Å². The van der Waals surface area contributed by atoms with E-state index < -0.39 is 10.0 Å². The van der Waals surface area contributed by atoms with Gasteiger partial charge in [-0.25, -0.2) is 13.1 Å². The molecule has 0 fully saturated rings. The van der Waals surface area contributed by atoms with Crippen molar-refractivity contribution in [2.75, 3.05) is 0 Å². The van der Waals surface area contributed by atoms with Gasteiger partial charge in [0, 0.05) is 10.0 Å². The molecule has 1 N–H and O–H groups in total. The molecule has 0 amide bonds. The Balaban J connectivity index is 1.64. The third-order valence-electron chi connectivity index (χ3n) is 3.46. The number of hydrogen-bond donors (Lipinski definition) is 1. The van der Waals surface area contributed by atoms with Crippen molar-refractivity contribution in [3.8, 4) is 11.4 Å². The summed E-state index contributed by atoms with van der Waals surface area (Å²) in [6.45, 7) is 1.93. The molecule has 2 aromatic carbocycles. The topological polar surface area (TPSA) is 85.1 Å². The van der Waals surface area contributed by atoms with Gasteiger partial charge in [-0.1, -0.05) is 57.0 Å². The molecule has 1 heterocycles. The number of rotatable bonds is 6. The van der Waals surface area contributed by atoms with Crippen LogP contribution in [-0.4, -0.2) is 18.6 Å². The fourth-order valence-electron chi connectivity index (χ4n) is 2.25. The number of nitrogens with zero attached hydrogens (tertiary/aromatic N) is 2. The highest BCUT2D eigenvalue weighted by Gasteiger charge is 2.15. The second kappa shape index (κ2) is 7.47. The van der Waals surface area contributed by atoms with Crippen molar-refractivity contribution in [1.82, 2.24) is 14.9 Å². The molecule has 0 radical (unpaired) electrons. The molecule has 1 aromatic heterocycles. The van der Waals surface area contributed by atoms with Gasteiger partial charge in [0.05, 0.1) is 12.3 Å². The van der Waals surface area contributed by atoms with Crippen molar-refractivity contribution in [3.05, 3.63) is 70.0 Å². The highest BCUT2D eigenvalue weighted by Crippen LogP contribution is 2.17. The van der Waals surface area contributed by atoms with E-state index >= 15 is 0 Å². The largest absolute Gasteiger partial charge is 0.338 e. The minimum absolute atomic E-state index is 0.0440. The van der Waals surface area contributed by atoms with Crippen LogP contribution in [0.3, 0.4) is 0 Å². The summed E-state index contributed by atoms with van der Waals surface area (Å²) >= 11 is 3.32. The third-order valence-corrected chi connectivity index (χ3v) is 5.28. The standard InChI is InChI=1S/C17H16BrN3O3S/c1-12-3-2-4-14(9-12)17-20-16(24-21-17)10-19-25(22,23)11-13-5-7-15(18)8-6-13/h2-9,19H,10-11H2,1H3. The Kier molecular flexibility index (Phi) is 5.31. The summed E-state index contributed by atoms with van der Waals surface area (Å²) in [5.41, 5.74) is 2.61. The first kappa shape index (κ1) is 17.8. The normalized spacial score (nSPS) is 11.6. The second-order valence-corrected chi connectivity index (χ2v) is 8.31. The van der Waals surface area contributed by atoms with E-state index in [0.29, 0.717) is 11.4 Å². The first-order valence-electron chi connectivity index (χ1n) is 7.53. The van der Waals surface area contributed by atoms with E-state index in [2.05, 4.69) is 30.8 Å². The Morgan fingerprint density at radius 2 is 1.92 bits per heavy atom. The average Bonchev–Trinajstić information content (AvgIpc) is 3.04. The molecule has 3 rings (SSSR count). The summed E-state index contributed by atoms with van der Waals surface area (Å²) in [4.78, 5) is 4.23. The molecule has 0 spiro atoms. The third kappa shape index (κ3) is 4.97. The van der Waals surface area contributed by atoms with E-state index in [0.717, 1.165) is 15.6 Å². The Labute approximate surface area is 154 Å². The molecule has 8 heteroatoms. The van der Waals surface area contributed by atoms with Crippen LogP contribution >= 0.6 is 15.9 Å². The molecular weight excluding hydrogens is 406 g/mol. The van der Waals surface area contributed by atoms with Crippen LogP contribution < -0.4 is 4.72 Å². The van der Waals surface area contributed by atoms with Crippen LogP contribution in [0.5, 0.6) is 0 Å². The van der Waals surface area contributed by atoms with Gasteiger partial charge in [-0.15, -0.1) is 0 Å². The fraction of sp³-hybridized carbons (Fsp3) is 0.176. The van der Waals surface area contributed by atoms with Crippen LogP contribution in [0.2, 0.25) is 0 Å². The number of benzene rings is 2. The van der Waals surface area contributed by atoms with Crippen LogP contribution in [-0.2, 0) is 22.3 Å². The second-order valence-electron chi connectivity index (χ2n) is 5.59. The van der Waals surface area contributed by atoms with Gasteiger partial charge in [0.2, 0.25) is 21.7 Å². The Hall–Kier alpha value is -2.03. The lowest BCUT2D eigenvalue weighted by molar-refractivity contribution is 0.376. The van der Waals surface area contributed by atoms with Crippen molar-refractivity contribution >= 4 is 26.0 Å². The van der Waals surface area contributed by atoms with Crippen LogP contribution in [0.1, 0.15) is 17.0 Å². The summed E-state index contributed by atoms with van der Waals surface area (Å²) < 4.78 is 32.8. The van der Waals surface area contributed by atoms with Crippen molar-refractivity contribution in [1.29, 1.82) is 0 Å². The van der Waals surface area contributed by atoms with E-state index in [1.165, 1.54) is 0 Å². The molecule has 3 aromatic rings. The van der Waals surface area contributed by atoms with Gasteiger partial charge in [-0.05, 0) is 30.7 Å². The van der Waals surface area contributed by atoms with Gasteiger partial charge < -0.3 is 4.52 Å². The summed E-state index contributed by atoms with van der Waals surface area (Å²) in [5, 5.41) is 3.90. The maximum absolute atomic E-state index is 12.2. The van der Waals surface area contributed by atoms with E-state index in [-0.39, 0.29) is 18.2 Å². The lowest BCUT2D eigenvalue weighted by Crippen LogP contribution is -2.24. The number of aromatic nitrogens is 2. The fourth-order valence-corrected chi connectivity index (χ4v) is 3.59. The van der Waals surface area contributed by atoms with E-state index in [9.17, 15) is 8.42 Å². The molecule has 0 saturated carbocycles. The number of aryl methyl sites for hydroxylation is 1. The predicted molar refractivity (Wildman–Crippen MR) is 98.1 cm³/mol. The Morgan fingerprint density at radius 3 is 2.64 bits per heavy atom. The summed E-state index contributed by atoms with van der Waals surface area (Å²) in [7, 11) is -3.50. The number of hydrogen-bond acceptors (Lipinski definition) is 5. The highest BCUT2D eigenvalue weighted by atomic mass is 79.9. The predicted octanol–water partition coefficient (Wildman–Crippen LogP) is 3.43. The maximum atomic E-state index is 12.2. The maximum Gasteiger partial charge on any atom is 0.242 e. The number of nitrogens with one attached hydrogen (secondary N) is 1. The van der Waals surface area contributed by atoms with Gasteiger partial charge >= 0.3 is 0 Å². The zero-order valence-electron chi connectivity index (χ0n) is 13.4. The first-order valence-corrected chi connectivity index (χ1v) is 9.97. The molecule has 0 bridgehead atoms. The van der Waals surface area contributed by atoms with Crippen LogP contribution in [0.4, 0.5) is 0 Å². The molecule has 0 aliphatic rings. The first-order chi connectivity index (χ1) is 11.9. The number of sulfonamides is 1. The van der Waals surface area contributed by atoms with E-state index in [1.54, 1.807) is 24.3 Å². The molecule has 0 unspecified atom stereocenters. The van der Waals surface area contributed by atoms with E-state index in [4.69, 9.17) is 4.52 Å².